The molecule has 3 fully saturated rings. The Hall–Kier alpha value is -6.75. The van der Waals surface area contributed by atoms with Crippen LogP contribution in [0, 0.1) is 17.8 Å². The molecule has 4 aromatic rings. The second-order valence-corrected chi connectivity index (χ2v) is 20.0. The Morgan fingerprint density at radius 2 is 1.71 bits per heavy atom. The summed E-state index contributed by atoms with van der Waals surface area (Å²) in [6, 6.07) is 8.10. The van der Waals surface area contributed by atoms with E-state index in [1.165, 1.54) is 12.1 Å². The lowest BCUT2D eigenvalue weighted by Gasteiger charge is -2.53. The Morgan fingerprint density at radius 1 is 0.947 bits per heavy atom. The van der Waals surface area contributed by atoms with Crippen molar-refractivity contribution in [1.82, 2.24) is 10.3 Å². The number of hydrogen-bond donors (Lipinski definition) is 14. The zero-order valence-corrected chi connectivity index (χ0v) is 40.3. The third-order valence-corrected chi connectivity index (χ3v) is 15.4. The van der Waals surface area contributed by atoms with Crippen LogP contribution in [-0.4, -0.2) is 146 Å². The molecular formula is C53H57N3O19. The van der Waals surface area contributed by atoms with Crippen molar-refractivity contribution in [3.8, 4) is 46.2 Å². The fourth-order valence-electron chi connectivity index (χ4n) is 11.3. The van der Waals surface area contributed by atoms with Crippen molar-refractivity contribution < 1.29 is 89.1 Å². The average molecular weight is 1040 g/mol. The van der Waals surface area contributed by atoms with Crippen LogP contribution in [-0.2, 0) is 36.6 Å². The number of H-pyrrole nitrogens is 1. The number of esters is 1. The number of aromatic amines is 1. The van der Waals surface area contributed by atoms with Crippen LogP contribution in [0.15, 0.2) is 86.4 Å². The van der Waals surface area contributed by atoms with Crippen LogP contribution in [0.2, 0.25) is 0 Å². The van der Waals surface area contributed by atoms with Gasteiger partial charge in [-0.15, -0.1) is 0 Å². The Bertz CT molecular complexity index is 3170. The monoisotopic (exact) mass is 1040 g/mol. The van der Waals surface area contributed by atoms with Gasteiger partial charge in [0.1, 0.15) is 58.7 Å². The first-order chi connectivity index (χ1) is 35.8. The van der Waals surface area contributed by atoms with E-state index >= 15 is 0 Å². The van der Waals surface area contributed by atoms with Gasteiger partial charge in [0.05, 0.1) is 12.6 Å². The van der Waals surface area contributed by atoms with Crippen molar-refractivity contribution in [2.45, 2.75) is 137 Å². The number of carboxylic acid groups (broad SMARTS) is 1. The highest BCUT2D eigenvalue weighted by atomic mass is 16.8. The van der Waals surface area contributed by atoms with Gasteiger partial charge in [-0.1, -0.05) is 56.6 Å². The predicted molar refractivity (Wildman–Crippen MR) is 259 cm³/mol. The lowest BCUT2D eigenvalue weighted by molar-refractivity contribution is -0.354. The summed E-state index contributed by atoms with van der Waals surface area (Å²) < 4.78 is 31.0. The number of aromatic hydroxyl groups is 3. The summed E-state index contributed by atoms with van der Waals surface area (Å²) in [5.41, 5.74) is 1.97. The molecule has 0 radical (unpaired) electrons. The minimum absolute atomic E-state index is 0.0686. The number of carbonyl (C=O) groups is 2. The van der Waals surface area contributed by atoms with Gasteiger partial charge < -0.3 is 95.6 Å². The van der Waals surface area contributed by atoms with Gasteiger partial charge in [0.2, 0.25) is 11.9 Å². The van der Waals surface area contributed by atoms with Gasteiger partial charge in [-0.2, -0.15) is 0 Å². The second kappa shape index (κ2) is 19.4. The van der Waals surface area contributed by atoms with Crippen LogP contribution in [0.5, 0.6) is 23.0 Å². The molecule has 1 saturated carbocycles. The second-order valence-electron chi connectivity index (χ2n) is 20.0. The van der Waals surface area contributed by atoms with Gasteiger partial charge in [-0.25, -0.2) is 9.59 Å². The van der Waals surface area contributed by atoms with E-state index in [9.17, 15) is 70.6 Å². The lowest BCUT2D eigenvalue weighted by Crippen LogP contribution is -2.75. The molecule has 1 unspecified atom stereocenters. The number of ether oxygens (including phenoxy) is 4. The first-order valence-electron chi connectivity index (χ1n) is 24.7. The number of fused-ring (bicyclic) bond motifs is 4. The van der Waals surface area contributed by atoms with Crippen molar-refractivity contribution in [2.75, 3.05) is 6.61 Å². The van der Waals surface area contributed by atoms with E-state index in [4.69, 9.17) is 29.1 Å². The summed E-state index contributed by atoms with van der Waals surface area (Å²) in [6.07, 6.45) is -9.01. The summed E-state index contributed by atoms with van der Waals surface area (Å²) >= 11 is 0. The molecule has 2 saturated heterocycles. The summed E-state index contributed by atoms with van der Waals surface area (Å²) in [6.45, 7) is 1.49. The van der Waals surface area contributed by atoms with Gasteiger partial charge in [-0.3, -0.25) is 4.79 Å². The van der Waals surface area contributed by atoms with Crippen molar-refractivity contribution >= 4 is 22.9 Å². The molecule has 15 N–H and O–H groups in total. The lowest BCUT2D eigenvalue weighted by atomic mass is 9.77. The van der Waals surface area contributed by atoms with Crippen LogP contribution < -0.4 is 21.2 Å². The summed E-state index contributed by atoms with van der Waals surface area (Å²) in [7, 11) is 0. The maximum absolute atomic E-state index is 14.9. The van der Waals surface area contributed by atoms with Gasteiger partial charge in [0.25, 0.3) is 11.4 Å². The molecule has 12 atom stereocenters. The Morgan fingerprint density at radius 3 is 2.40 bits per heavy atom. The van der Waals surface area contributed by atoms with E-state index in [0.29, 0.717) is 29.8 Å². The van der Waals surface area contributed by atoms with E-state index in [2.05, 4.69) is 22.1 Å². The molecule has 7 heterocycles. The molecule has 1 aliphatic carbocycles. The SMILES string of the molecule is CCC1=CC([C@H]2C=C(Cc3ccc[nH]3)[C@]3(Oc4cc5oc(-c6cc(O)c(O)c(CCO)c6)cc(=O)c5c(O)c42)O[C@@]2(CC#C[C@]4(C(=O)O)O[C@H](OC2=O)[C@H](O)[C@@H](O)[C@@H]4O)[C@@H](O)[C@H](O)[C@H]3O)=C(CC2CCCC2)NC1N. The van der Waals surface area contributed by atoms with Crippen LogP contribution >= 0.6 is 0 Å². The minimum Gasteiger partial charge on any atom is -0.507 e. The predicted octanol–water partition coefficient (Wildman–Crippen LogP) is 0.904. The van der Waals surface area contributed by atoms with Gasteiger partial charge >= 0.3 is 11.9 Å². The zero-order chi connectivity index (χ0) is 53.5. The van der Waals surface area contributed by atoms with Crippen LogP contribution in [0.25, 0.3) is 22.3 Å². The van der Waals surface area contributed by atoms with E-state index < -0.39 is 120 Å². The van der Waals surface area contributed by atoms with E-state index in [1.54, 1.807) is 24.4 Å². The fraction of sp³-hybridized carbons (Fsp3) is 0.453. The number of nitrogens with one attached hydrogen (secondary N) is 2. The molecule has 22 nitrogen and oxygen atoms in total. The molecular weight excluding hydrogens is 983 g/mol. The number of nitrogens with two attached hydrogens (primary N) is 1. The van der Waals surface area contributed by atoms with E-state index in [-0.39, 0.29) is 63.5 Å². The zero-order valence-electron chi connectivity index (χ0n) is 40.3. The Kier molecular flexibility index (Phi) is 13.4. The fourth-order valence-corrected chi connectivity index (χ4v) is 11.3. The molecule has 75 heavy (non-hydrogen) atoms. The third kappa shape index (κ3) is 8.43. The number of aromatic nitrogens is 1. The normalized spacial score (nSPS) is 32.7. The summed E-state index contributed by atoms with van der Waals surface area (Å²) in [5.74, 6) is -5.20. The number of benzene rings is 2. The highest BCUT2D eigenvalue weighted by Crippen LogP contribution is 2.55. The quantitative estimate of drug-likeness (QED) is 0.0454. The molecule has 2 aromatic carbocycles. The van der Waals surface area contributed by atoms with Gasteiger partial charge in [0, 0.05) is 70.9 Å². The van der Waals surface area contributed by atoms with Crippen molar-refractivity contribution in [3.05, 3.63) is 104 Å². The number of phenolic OH excluding ortho intramolecular Hbond substituents is 3. The molecule has 22 heteroatoms. The number of aliphatic carboxylic acids is 1. The van der Waals surface area contributed by atoms with E-state index in [1.807, 2.05) is 13.0 Å². The number of hydrogen-bond acceptors (Lipinski definition) is 20. The highest BCUT2D eigenvalue weighted by molar-refractivity contribution is 5.90. The minimum atomic E-state index is -3.03. The van der Waals surface area contributed by atoms with Crippen molar-refractivity contribution in [1.29, 1.82) is 0 Å². The summed E-state index contributed by atoms with van der Waals surface area (Å²) in [5, 5.41) is 127. The average Bonchev–Trinajstić information content (AvgIpc) is 4.09. The number of carbonyl (C=O) groups excluding carboxylic acids is 1. The van der Waals surface area contributed by atoms with E-state index in [0.717, 1.165) is 43.4 Å². The third-order valence-electron chi connectivity index (χ3n) is 15.4. The molecule has 398 valence electrons. The standard InChI is InChI=1S/C53H57N3O19/c1-2-24-17-29(31(56-47(24)54)15-23-7-3-4-8-23)30-20-27(19-28-9-5-13-55-28)53(73-36-22-35-38(40(61)37(30)36)32(58)21-34(71-35)26-16-25(10-14-57)39(60)33(59)18-26)46(67)43(64)45(66)52(75-53)12-6-11-51(49(68)69)44(65)41(62)42(63)48(74-51)72-50(52)70/h5,9,13,16-18,20-23,30,41-48,55-57,59-67H,2-4,7-8,10,12,14-15,19,54H2,1H3,(H,68,69)/t30-,41-,42-,43+,44+,45+,46-,47?,48+,51+,52+,53+/m1/s1. The smallest absolute Gasteiger partial charge is 0.351 e. The Balaban J connectivity index is 1.25. The number of dihydropyridines is 1. The molecule has 2 spiro atoms. The first kappa shape index (κ1) is 51.7. The summed E-state index contributed by atoms with van der Waals surface area (Å²) in [4.78, 5) is 45.3. The first-order valence-corrected chi connectivity index (χ1v) is 24.7. The maximum atomic E-state index is 14.9. The number of allylic oxidation sites excluding steroid dienone is 4. The van der Waals surface area contributed by atoms with Crippen molar-refractivity contribution in [3.63, 3.8) is 0 Å². The number of carboxylic acids is 1. The number of aliphatic hydroxyl groups is 7. The largest absolute Gasteiger partial charge is 0.507 e. The number of aliphatic hydroxyl groups excluding tert-OH is 7. The molecule has 2 bridgehead atoms. The molecule has 2 aromatic heterocycles. The number of phenols is 3. The molecule has 5 aliphatic heterocycles. The topological polar surface area (TPSA) is 378 Å². The molecule has 6 aliphatic rings. The highest BCUT2D eigenvalue weighted by Gasteiger charge is 2.69. The van der Waals surface area contributed by atoms with Crippen LogP contribution in [0.3, 0.4) is 0 Å². The molecule has 10 rings (SSSR count). The maximum Gasteiger partial charge on any atom is 0.351 e. The number of rotatable bonds is 10. The Labute approximate surface area is 426 Å². The van der Waals surface area contributed by atoms with Crippen LogP contribution in [0.1, 0.15) is 74.6 Å². The van der Waals surface area contributed by atoms with Crippen LogP contribution in [0.4, 0.5) is 0 Å². The van der Waals surface area contributed by atoms with Gasteiger partial charge in [0.15, 0.2) is 23.0 Å². The van der Waals surface area contributed by atoms with Gasteiger partial charge in [-0.05, 0) is 60.6 Å². The van der Waals surface area contributed by atoms with Crippen molar-refractivity contribution in [2.24, 2.45) is 11.7 Å². The molecule has 0 amide bonds.